The van der Waals surface area contributed by atoms with Crippen LogP contribution >= 0.6 is 0 Å². The number of methoxy groups -OCH3 is 1. The Morgan fingerprint density at radius 3 is 2.54 bits per heavy atom. The molecule has 0 aromatic heterocycles. The molecule has 0 unspecified atom stereocenters. The van der Waals surface area contributed by atoms with Crippen LogP contribution in [0.15, 0.2) is 30.3 Å². The molecule has 1 heterocycles. The van der Waals surface area contributed by atoms with E-state index < -0.39 is 0 Å². The van der Waals surface area contributed by atoms with Crippen LogP contribution in [0.4, 0.5) is 0 Å². The van der Waals surface area contributed by atoms with Crippen molar-refractivity contribution in [1.29, 1.82) is 0 Å². The Labute approximate surface area is 85.6 Å². The zero-order valence-corrected chi connectivity index (χ0v) is 9.70. The average Bonchev–Trinajstić information content (AvgIpc) is 2.14. The molecule has 0 radical (unpaired) electrons. The molecule has 0 spiro atoms. The predicted octanol–water partition coefficient (Wildman–Crippen LogP) is 2.20. The van der Waals surface area contributed by atoms with Crippen LogP contribution in [0.3, 0.4) is 0 Å². The second kappa shape index (κ2) is 3.45. The fourth-order valence-electron chi connectivity index (χ4n) is 1.61. The summed E-state index contributed by atoms with van der Waals surface area (Å²) in [5.74, 6) is 0. The van der Waals surface area contributed by atoms with E-state index in [-0.39, 0.29) is 4.50 Å². The Kier molecular flexibility index (Phi) is 2.46. The van der Waals surface area contributed by atoms with E-state index in [0.29, 0.717) is 15.0 Å². The van der Waals surface area contributed by atoms with Gasteiger partial charge in [0.2, 0.25) is 0 Å². The van der Waals surface area contributed by atoms with Crippen LogP contribution in [-0.2, 0) is 4.74 Å². The van der Waals surface area contributed by atoms with Crippen LogP contribution in [0, 0.1) is 0 Å². The molecule has 0 bridgehead atoms. The third-order valence-electron chi connectivity index (χ3n) is 2.55. The molecule has 13 heavy (non-hydrogen) atoms. The van der Waals surface area contributed by atoms with Crippen molar-refractivity contribution >= 4 is 15.0 Å². The number of hydrogen-bond acceptors (Lipinski definition) is 1. The summed E-state index contributed by atoms with van der Waals surface area (Å²) in [6, 6.07) is 10.8. The van der Waals surface area contributed by atoms with Crippen LogP contribution in [-0.4, -0.2) is 26.6 Å². The quantitative estimate of drug-likeness (QED) is 0.721. The monoisotopic (exact) mass is 242 g/mol. The molecule has 70 valence electrons. The SMILES string of the molecule is CO[C@@]1(C)C[C@H](c2ccccc2)[Se]1. The van der Waals surface area contributed by atoms with Crippen molar-refractivity contribution in [2.75, 3.05) is 7.11 Å². The van der Waals surface area contributed by atoms with Gasteiger partial charge in [0.15, 0.2) is 0 Å². The van der Waals surface area contributed by atoms with E-state index in [1.165, 1.54) is 12.0 Å². The van der Waals surface area contributed by atoms with Crippen molar-refractivity contribution in [3.63, 3.8) is 0 Å². The first kappa shape index (κ1) is 9.26. The third-order valence-corrected chi connectivity index (χ3v) is 5.81. The van der Waals surface area contributed by atoms with E-state index in [9.17, 15) is 0 Å². The summed E-state index contributed by atoms with van der Waals surface area (Å²) < 4.78 is 5.66. The van der Waals surface area contributed by atoms with E-state index in [0.717, 1.165) is 4.82 Å². The van der Waals surface area contributed by atoms with Gasteiger partial charge in [0.25, 0.3) is 0 Å². The zero-order chi connectivity index (χ0) is 9.31. The fraction of sp³-hybridized carbons (Fsp3) is 0.455. The van der Waals surface area contributed by atoms with Crippen LogP contribution in [0.25, 0.3) is 0 Å². The van der Waals surface area contributed by atoms with Crippen LogP contribution in [0.1, 0.15) is 23.7 Å². The van der Waals surface area contributed by atoms with Gasteiger partial charge in [-0.25, -0.2) is 0 Å². The van der Waals surface area contributed by atoms with Gasteiger partial charge >= 0.3 is 85.4 Å². The molecule has 0 aliphatic carbocycles. The molecule has 2 rings (SSSR count). The summed E-state index contributed by atoms with van der Waals surface area (Å²) in [5, 5.41) is 0. The Bertz CT molecular complexity index is 277. The molecule has 1 aliphatic heterocycles. The summed E-state index contributed by atoms with van der Waals surface area (Å²) in [7, 11) is 1.82. The molecule has 0 saturated carbocycles. The van der Waals surface area contributed by atoms with Crippen molar-refractivity contribution < 1.29 is 4.74 Å². The minimum absolute atomic E-state index is 0.202. The number of hydrogen-bond donors (Lipinski definition) is 0. The van der Waals surface area contributed by atoms with Gasteiger partial charge in [-0.2, -0.15) is 0 Å². The fourth-order valence-corrected chi connectivity index (χ4v) is 4.46. The first-order chi connectivity index (χ1) is 6.23. The summed E-state index contributed by atoms with van der Waals surface area (Å²) in [5.41, 5.74) is 1.48. The maximum atomic E-state index is 5.45. The summed E-state index contributed by atoms with van der Waals surface area (Å²) in [4.78, 5) is 0.777. The summed E-state index contributed by atoms with van der Waals surface area (Å²) in [6.07, 6.45) is 1.19. The number of ether oxygens (including phenoxy) is 1. The average molecular weight is 241 g/mol. The number of rotatable bonds is 2. The Morgan fingerprint density at radius 1 is 1.38 bits per heavy atom. The summed E-state index contributed by atoms with van der Waals surface area (Å²) in [6.45, 7) is 2.21. The molecule has 1 saturated heterocycles. The van der Waals surface area contributed by atoms with Gasteiger partial charge in [0, 0.05) is 0 Å². The normalized spacial score (nSPS) is 32.6. The molecular weight excluding hydrogens is 227 g/mol. The maximum absolute atomic E-state index is 5.45. The van der Waals surface area contributed by atoms with Crippen molar-refractivity contribution in [3.8, 4) is 0 Å². The third kappa shape index (κ3) is 1.80. The Hall–Kier alpha value is -0.301. The zero-order valence-electron chi connectivity index (χ0n) is 7.99. The van der Waals surface area contributed by atoms with E-state index in [1.54, 1.807) is 0 Å². The molecule has 0 N–H and O–H groups in total. The van der Waals surface area contributed by atoms with Gasteiger partial charge in [-0.3, -0.25) is 0 Å². The Balaban J connectivity index is 2.01. The topological polar surface area (TPSA) is 9.23 Å². The van der Waals surface area contributed by atoms with Gasteiger partial charge < -0.3 is 0 Å². The van der Waals surface area contributed by atoms with E-state index >= 15 is 0 Å². The van der Waals surface area contributed by atoms with Gasteiger partial charge in [-0.15, -0.1) is 0 Å². The molecule has 1 aliphatic rings. The van der Waals surface area contributed by atoms with Crippen molar-refractivity contribution in [3.05, 3.63) is 35.9 Å². The first-order valence-corrected chi connectivity index (χ1v) is 6.36. The summed E-state index contributed by atoms with van der Waals surface area (Å²) >= 11 is 0.600. The molecule has 1 fully saturated rings. The van der Waals surface area contributed by atoms with Gasteiger partial charge in [0.1, 0.15) is 0 Å². The number of benzene rings is 1. The molecule has 2 heteroatoms. The molecular formula is C11H14OSe. The van der Waals surface area contributed by atoms with Crippen LogP contribution in [0.5, 0.6) is 0 Å². The standard InChI is InChI=1S/C11H14OSe/c1-11(12-2)8-10(13-11)9-6-4-3-5-7-9/h3-7,10H,8H2,1-2H3/t10-,11-/m1/s1. The van der Waals surface area contributed by atoms with Gasteiger partial charge in [-0.05, 0) is 0 Å². The molecule has 1 nitrogen and oxygen atoms in total. The van der Waals surface area contributed by atoms with Crippen LogP contribution < -0.4 is 0 Å². The van der Waals surface area contributed by atoms with E-state index in [4.69, 9.17) is 4.74 Å². The predicted molar refractivity (Wildman–Crippen MR) is 55.0 cm³/mol. The van der Waals surface area contributed by atoms with Gasteiger partial charge in [0.05, 0.1) is 0 Å². The van der Waals surface area contributed by atoms with E-state index in [1.807, 2.05) is 7.11 Å². The van der Waals surface area contributed by atoms with Gasteiger partial charge in [-0.1, -0.05) is 0 Å². The molecule has 0 amide bonds. The van der Waals surface area contributed by atoms with Crippen molar-refractivity contribution in [2.45, 2.75) is 22.7 Å². The second-order valence-electron chi connectivity index (χ2n) is 3.56. The molecule has 1 aromatic carbocycles. The van der Waals surface area contributed by atoms with E-state index in [2.05, 4.69) is 37.3 Å². The molecule has 1 aromatic rings. The molecule has 2 atom stereocenters. The first-order valence-electron chi connectivity index (χ1n) is 4.51. The van der Waals surface area contributed by atoms with Crippen LogP contribution in [0.2, 0.25) is 0 Å². The minimum atomic E-state index is 0.202. The Morgan fingerprint density at radius 2 is 2.00 bits per heavy atom. The second-order valence-corrected chi connectivity index (χ2v) is 7.06. The van der Waals surface area contributed by atoms with Crippen molar-refractivity contribution in [2.24, 2.45) is 0 Å². The van der Waals surface area contributed by atoms with Crippen molar-refractivity contribution in [1.82, 2.24) is 0 Å².